The van der Waals surface area contributed by atoms with Crippen LogP contribution in [-0.4, -0.2) is 22.6 Å². The van der Waals surface area contributed by atoms with E-state index in [2.05, 4.69) is 58.9 Å². The molecule has 1 aromatic heterocycles. The van der Waals surface area contributed by atoms with Crippen LogP contribution in [0.2, 0.25) is 0 Å². The molecule has 114 valence electrons. The Morgan fingerprint density at radius 2 is 1.68 bits per heavy atom. The first-order valence-corrected chi connectivity index (χ1v) is 8.59. The molecule has 0 unspecified atom stereocenters. The van der Waals surface area contributed by atoms with Gasteiger partial charge >= 0.3 is 0 Å². The van der Waals surface area contributed by atoms with Gasteiger partial charge < -0.3 is 4.57 Å². The fourth-order valence-corrected chi connectivity index (χ4v) is 3.93. The summed E-state index contributed by atoms with van der Waals surface area (Å²) in [7, 11) is 0. The number of aromatic nitrogens is 1. The van der Waals surface area contributed by atoms with Crippen molar-refractivity contribution in [1.82, 2.24) is 9.47 Å². The fraction of sp³-hybridized carbons (Fsp3) is 0.400. The van der Waals surface area contributed by atoms with Crippen molar-refractivity contribution in [3.8, 4) is 0 Å². The molecule has 1 aliphatic rings. The van der Waals surface area contributed by atoms with Crippen LogP contribution in [-0.2, 0) is 13.1 Å². The summed E-state index contributed by atoms with van der Waals surface area (Å²) in [6.45, 7) is 5.78. The third kappa shape index (κ3) is 2.22. The zero-order valence-electron chi connectivity index (χ0n) is 13.4. The van der Waals surface area contributed by atoms with E-state index >= 15 is 0 Å². The lowest BCUT2D eigenvalue weighted by molar-refractivity contribution is 0.279. The molecule has 2 nitrogen and oxygen atoms in total. The Morgan fingerprint density at radius 1 is 0.909 bits per heavy atom. The summed E-state index contributed by atoms with van der Waals surface area (Å²) in [5.41, 5.74) is 4.33. The molecule has 0 atom stereocenters. The van der Waals surface area contributed by atoms with Crippen LogP contribution in [0, 0.1) is 0 Å². The Kier molecular flexibility index (Phi) is 3.63. The van der Waals surface area contributed by atoms with Gasteiger partial charge in [0, 0.05) is 10.8 Å². The largest absolute Gasteiger partial charge is 0.327 e. The summed E-state index contributed by atoms with van der Waals surface area (Å²) >= 11 is 0. The highest BCUT2D eigenvalue weighted by atomic mass is 15.3. The van der Waals surface area contributed by atoms with Gasteiger partial charge in [-0.15, -0.1) is 0 Å². The molecule has 2 heterocycles. The van der Waals surface area contributed by atoms with E-state index in [1.54, 1.807) is 0 Å². The van der Waals surface area contributed by atoms with Crippen LogP contribution in [0.1, 0.15) is 31.7 Å². The van der Waals surface area contributed by atoms with E-state index in [-0.39, 0.29) is 0 Å². The minimum atomic E-state index is 1.03. The van der Waals surface area contributed by atoms with Gasteiger partial charge in [-0.2, -0.15) is 0 Å². The summed E-state index contributed by atoms with van der Waals surface area (Å²) in [5, 5.41) is 2.82. The Labute approximate surface area is 132 Å². The van der Waals surface area contributed by atoms with Gasteiger partial charge in [0.2, 0.25) is 0 Å². The number of aryl methyl sites for hydroxylation is 1. The van der Waals surface area contributed by atoms with Crippen LogP contribution < -0.4 is 0 Å². The number of rotatable bonds is 4. The maximum Gasteiger partial charge on any atom is 0.0757 e. The monoisotopic (exact) mass is 292 g/mol. The molecule has 0 bridgehead atoms. The van der Waals surface area contributed by atoms with Gasteiger partial charge in [0.15, 0.2) is 0 Å². The van der Waals surface area contributed by atoms with Gasteiger partial charge in [-0.3, -0.25) is 4.90 Å². The van der Waals surface area contributed by atoms with Gasteiger partial charge in [0.1, 0.15) is 0 Å². The van der Waals surface area contributed by atoms with Gasteiger partial charge in [-0.25, -0.2) is 0 Å². The second kappa shape index (κ2) is 5.77. The van der Waals surface area contributed by atoms with Crippen molar-refractivity contribution in [2.45, 2.75) is 39.3 Å². The second-order valence-electron chi connectivity index (χ2n) is 6.48. The van der Waals surface area contributed by atoms with E-state index in [0.717, 1.165) is 13.1 Å². The second-order valence-corrected chi connectivity index (χ2v) is 6.48. The van der Waals surface area contributed by atoms with E-state index in [9.17, 15) is 0 Å². The van der Waals surface area contributed by atoms with Crippen molar-refractivity contribution in [3.63, 3.8) is 0 Å². The SMILES string of the molecule is CCCc1cccc2c3ccccc3n(CN3CCCC3)c12. The lowest BCUT2D eigenvalue weighted by Crippen LogP contribution is -2.22. The van der Waals surface area contributed by atoms with Gasteiger partial charge in [0.05, 0.1) is 17.7 Å². The molecule has 4 rings (SSSR count). The van der Waals surface area contributed by atoms with Crippen molar-refractivity contribution in [3.05, 3.63) is 48.0 Å². The average molecular weight is 292 g/mol. The standard InChI is InChI=1S/C20H24N2/c1-2-8-16-9-7-11-18-17-10-3-4-12-19(17)22(20(16)18)15-21-13-5-6-14-21/h3-4,7,9-12H,2,5-6,8,13-15H2,1H3. The number of hydrogen-bond donors (Lipinski definition) is 0. The number of fused-ring (bicyclic) bond motifs is 3. The van der Waals surface area contributed by atoms with Crippen LogP contribution in [0.4, 0.5) is 0 Å². The van der Waals surface area contributed by atoms with E-state index in [1.165, 1.54) is 59.7 Å². The predicted octanol–water partition coefficient (Wildman–Crippen LogP) is 4.80. The molecule has 0 amide bonds. The van der Waals surface area contributed by atoms with Crippen LogP contribution in [0.3, 0.4) is 0 Å². The number of benzene rings is 2. The zero-order chi connectivity index (χ0) is 14.9. The van der Waals surface area contributed by atoms with Gasteiger partial charge in [-0.05, 0) is 44.0 Å². The smallest absolute Gasteiger partial charge is 0.0757 e. The van der Waals surface area contributed by atoms with Crippen LogP contribution in [0.5, 0.6) is 0 Å². The average Bonchev–Trinajstić information content (AvgIpc) is 3.16. The van der Waals surface area contributed by atoms with E-state index in [4.69, 9.17) is 0 Å². The molecule has 1 aliphatic heterocycles. The topological polar surface area (TPSA) is 8.17 Å². The minimum Gasteiger partial charge on any atom is -0.327 e. The normalized spacial score (nSPS) is 16.0. The van der Waals surface area contributed by atoms with Crippen LogP contribution in [0.15, 0.2) is 42.5 Å². The lowest BCUT2D eigenvalue weighted by atomic mass is 10.1. The van der Waals surface area contributed by atoms with Crippen molar-refractivity contribution in [1.29, 1.82) is 0 Å². The summed E-state index contributed by atoms with van der Waals surface area (Å²) in [5.74, 6) is 0. The summed E-state index contributed by atoms with van der Waals surface area (Å²) in [6.07, 6.45) is 5.05. The molecule has 1 saturated heterocycles. The van der Waals surface area contributed by atoms with Gasteiger partial charge in [0.25, 0.3) is 0 Å². The Hall–Kier alpha value is -1.80. The van der Waals surface area contributed by atoms with E-state index < -0.39 is 0 Å². The third-order valence-corrected chi connectivity index (χ3v) is 4.93. The lowest BCUT2D eigenvalue weighted by Gasteiger charge is -2.18. The maximum absolute atomic E-state index is 2.59. The first-order chi connectivity index (χ1) is 10.9. The molecule has 3 aromatic rings. The van der Waals surface area contributed by atoms with Crippen molar-refractivity contribution in [2.75, 3.05) is 13.1 Å². The van der Waals surface area contributed by atoms with Crippen LogP contribution in [0.25, 0.3) is 21.8 Å². The molecule has 2 aromatic carbocycles. The number of para-hydroxylation sites is 2. The number of likely N-dealkylation sites (tertiary alicyclic amines) is 1. The first-order valence-electron chi connectivity index (χ1n) is 8.59. The quantitative estimate of drug-likeness (QED) is 0.670. The maximum atomic E-state index is 2.59. The number of hydrogen-bond acceptors (Lipinski definition) is 1. The minimum absolute atomic E-state index is 1.03. The molecular formula is C20H24N2. The zero-order valence-corrected chi connectivity index (χ0v) is 13.4. The highest BCUT2D eigenvalue weighted by molar-refractivity contribution is 6.09. The van der Waals surface area contributed by atoms with Gasteiger partial charge in [-0.1, -0.05) is 49.7 Å². The Morgan fingerprint density at radius 3 is 2.50 bits per heavy atom. The Bertz CT molecular complexity index is 794. The van der Waals surface area contributed by atoms with E-state index in [0.29, 0.717) is 0 Å². The molecule has 2 heteroatoms. The highest BCUT2D eigenvalue weighted by Gasteiger charge is 2.17. The van der Waals surface area contributed by atoms with Crippen LogP contribution >= 0.6 is 0 Å². The number of nitrogens with zero attached hydrogens (tertiary/aromatic N) is 2. The predicted molar refractivity (Wildman–Crippen MR) is 94.2 cm³/mol. The molecule has 0 spiro atoms. The fourth-order valence-electron chi connectivity index (χ4n) is 3.93. The van der Waals surface area contributed by atoms with Crippen molar-refractivity contribution in [2.24, 2.45) is 0 Å². The Balaban J connectivity index is 1.96. The molecular weight excluding hydrogens is 268 g/mol. The third-order valence-electron chi connectivity index (χ3n) is 4.93. The van der Waals surface area contributed by atoms with E-state index in [1.807, 2.05) is 0 Å². The summed E-state index contributed by atoms with van der Waals surface area (Å²) in [4.78, 5) is 2.59. The molecule has 22 heavy (non-hydrogen) atoms. The molecule has 0 saturated carbocycles. The molecule has 0 N–H and O–H groups in total. The summed E-state index contributed by atoms with van der Waals surface area (Å²) < 4.78 is 2.56. The highest BCUT2D eigenvalue weighted by Crippen LogP contribution is 2.32. The molecule has 0 radical (unpaired) electrons. The van der Waals surface area contributed by atoms with Crippen molar-refractivity contribution >= 4 is 21.8 Å². The first kappa shape index (κ1) is 13.8. The molecule has 1 fully saturated rings. The van der Waals surface area contributed by atoms with Crippen molar-refractivity contribution < 1.29 is 0 Å². The summed E-state index contributed by atoms with van der Waals surface area (Å²) in [6, 6.07) is 15.7. The molecule has 0 aliphatic carbocycles.